The van der Waals surface area contributed by atoms with Gasteiger partial charge in [-0.15, -0.1) is 5.10 Å². The number of aromatic nitrogens is 3. The summed E-state index contributed by atoms with van der Waals surface area (Å²) in [6, 6.07) is 0. The minimum atomic E-state index is -0.853. The van der Waals surface area contributed by atoms with Crippen molar-refractivity contribution in [2.45, 2.75) is 46.6 Å². The van der Waals surface area contributed by atoms with Crippen molar-refractivity contribution >= 4 is 5.97 Å². The SMILES string of the molecule is CCCc1c(CC(=O)O)nnn1CC(C)C. The van der Waals surface area contributed by atoms with Gasteiger partial charge in [0.1, 0.15) is 0 Å². The van der Waals surface area contributed by atoms with Crippen molar-refractivity contribution in [3.8, 4) is 0 Å². The first-order valence-corrected chi connectivity index (χ1v) is 5.67. The smallest absolute Gasteiger partial charge is 0.309 e. The molecule has 0 aliphatic rings. The van der Waals surface area contributed by atoms with Gasteiger partial charge in [0.25, 0.3) is 0 Å². The fourth-order valence-electron chi connectivity index (χ4n) is 1.65. The Kier molecular flexibility index (Phi) is 4.46. The van der Waals surface area contributed by atoms with E-state index >= 15 is 0 Å². The first-order valence-electron chi connectivity index (χ1n) is 5.67. The fourth-order valence-corrected chi connectivity index (χ4v) is 1.65. The van der Waals surface area contributed by atoms with Crippen LogP contribution in [0.2, 0.25) is 0 Å². The second-order valence-electron chi connectivity index (χ2n) is 4.38. The number of carbonyl (C=O) groups is 1. The van der Waals surface area contributed by atoms with E-state index in [1.165, 1.54) is 0 Å². The molecular formula is C11H19N3O2. The minimum Gasteiger partial charge on any atom is -0.481 e. The molecular weight excluding hydrogens is 206 g/mol. The summed E-state index contributed by atoms with van der Waals surface area (Å²) in [5, 5.41) is 16.8. The van der Waals surface area contributed by atoms with Gasteiger partial charge >= 0.3 is 5.97 Å². The van der Waals surface area contributed by atoms with Gasteiger partial charge in [-0.25, -0.2) is 4.68 Å². The molecule has 1 heterocycles. The molecule has 1 rings (SSSR count). The Hall–Kier alpha value is -1.39. The lowest BCUT2D eigenvalue weighted by Crippen LogP contribution is -2.11. The van der Waals surface area contributed by atoms with Gasteiger partial charge in [-0.05, 0) is 12.3 Å². The highest BCUT2D eigenvalue weighted by molar-refractivity contribution is 5.69. The van der Waals surface area contributed by atoms with Crippen molar-refractivity contribution < 1.29 is 9.90 Å². The summed E-state index contributed by atoms with van der Waals surface area (Å²) in [7, 11) is 0. The molecule has 0 aromatic carbocycles. The molecule has 5 heteroatoms. The summed E-state index contributed by atoms with van der Waals surface area (Å²) in [6.45, 7) is 7.07. The van der Waals surface area contributed by atoms with Gasteiger partial charge in [0.2, 0.25) is 0 Å². The number of nitrogens with zero attached hydrogens (tertiary/aromatic N) is 3. The molecule has 1 aromatic heterocycles. The maximum atomic E-state index is 10.7. The molecule has 1 aromatic rings. The second-order valence-corrected chi connectivity index (χ2v) is 4.38. The predicted molar refractivity (Wildman–Crippen MR) is 60.2 cm³/mol. The highest BCUT2D eigenvalue weighted by Crippen LogP contribution is 2.11. The molecule has 0 saturated carbocycles. The van der Waals surface area contributed by atoms with Crippen LogP contribution in [0.15, 0.2) is 0 Å². The van der Waals surface area contributed by atoms with E-state index in [0.29, 0.717) is 11.6 Å². The Bertz CT molecular complexity index is 358. The summed E-state index contributed by atoms with van der Waals surface area (Å²) in [6.07, 6.45) is 1.77. The molecule has 0 amide bonds. The monoisotopic (exact) mass is 225 g/mol. The Labute approximate surface area is 95.5 Å². The third-order valence-electron chi connectivity index (χ3n) is 2.26. The normalized spacial score (nSPS) is 11.0. The molecule has 5 nitrogen and oxygen atoms in total. The lowest BCUT2D eigenvalue weighted by Gasteiger charge is -2.08. The summed E-state index contributed by atoms with van der Waals surface area (Å²) < 4.78 is 1.84. The summed E-state index contributed by atoms with van der Waals surface area (Å²) >= 11 is 0. The Morgan fingerprint density at radius 2 is 2.19 bits per heavy atom. The number of carboxylic acid groups (broad SMARTS) is 1. The van der Waals surface area contributed by atoms with E-state index in [1.54, 1.807) is 0 Å². The van der Waals surface area contributed by atoms with Crippen LogP contribution >= 0.6 is 0 Å². The van der Waals surface area contributed by atoms with E-state index in [2.05, 4.69) is 31.1 Å². The maximum absolute atomic E-state index is 10.7. The van der Waals surface area contributed by atoms with Gasteiger partial charge in [-0.3, -0.25) is 4.79 Å². The molecule has 16 heavy (non-hydrogen) atoms. The van der Waals surface area contributed by atoms with E-state index in [-0.39, 0.29) is 6.42 Å². The summed E-state index contributed by atoms with van der Waals surface area (Å²) in [5.74, 6) is -0.371. The van der Waals surface area contributed by atoms with E-state index in [4.69, 9.17) is 5.11 Å². The van der Waals surface area contributed by atoms with Crippen LogP contribution in [0.3, 0.4) is 0 Å². The van der Waals surface area contributed by atoms with Crippen LogP contribution < -0.4 is 0 Å². The molecule has 0 aliphatic heterocycles. The highest BCUT2D eigenvalue weighted by atomic mass is 16.4. The van der Waals surface area contributed by atoms with Crippen LogP contribution in [0.25, 0.3) is 0 Å². The van der Waals surface area contributed by atoms with E-state index < -0.39 is 5.97 Å². The van der Waals surface area contributed by atoms with E-state index in [0.717, 1.165) is 25.1 Å². The molecule has 0 radical (unpaired) electrons. The van der Waals surface area contributed by atoms with Crippen LogP contribution in [0, 0.1) is 5.92 Å². The Morgan fingerprint density at radius 1 is 1.50 bits per heavy atom. The van der Waals surface area contributed by atoms with Crippen LogP contribution in [0.1, 0.15) is 38.6 Å². The van der Waals surface area contributed by atoms with Gasteiger partial charge in [0, 0.05) is 6.54 Å². The molecule has 0 atom stereocenters. The second kappa shape index (κ2) is 5.63. The molecule has 0 fully saturated rings. The zero-order valence-electron chi connectivity index (χ0n) is 10.1. The number of hydrogen-bond donors (Lipinski definition) is 1. The Balaban J connectivity index is 2.91. The molecule has 90 valence electrons. The lowest BCUT2D eigenvalue weighted by molar-refractivity contribution is -0.136. The predicted octanol–water partition coefficient (Wildman–Crippen LogP) is 1.51. The summed E-state index contributed by atoms with van der Waals surface area (Å²) in [5.41, 5.74) is 1.58. The zero-order chi connectivity index (χ0) is 12.1. The number of aliphatic carboxylic acids is 1. The van der Waals surface area contributed by atoms with Crippen molar-refractivity contribution in [3.63, 3.8) is 0 Å². The molecule has 0 spiro atoms. The average Bonchev–Trinajstić information content (AvgIpc) is 2.49. The first-order chi connectivity index (χ1) is 7.54. The molecule has 0 bridgehead atoms. The Morgan fingerprint density at radius 3 is 2.69 bits per heavy atom. The molecule has 0 aliphatic carbocycles. The van der Waals surface area contributed by atoms with E-state index in [1.807, 2.05) is 4.68 Å². The number of rotatable bonds is 6. The van der Waals surface area contributed by atoms with Gasteiger partial charge in [-0.2, -0.15) is 0 Å². The highest BCUT2D eigenvalue weighted by Gasteiger charge is 2.15. The van der Waals surface area contributed by atoms with Crippen molar-refractivity contribution in [2.24, 2.45) is 5.92 Å². The van der Waals surface area contributed by atoms with Crippen molar-refractivity contribution in [1.29, 1.82) is 0 Å². The van der Waals surface area contributed by atoms with Gasteiger partial charge < -0.3 is 5.11 Å². The number of carboxylic acids is 1. The van der Waals surface area contributed by atoms with Crippen LogP contribution in [0.4, 0.5) is 0 Å². The van der Waals surface area contributed by atoms with Crippen molar-refractivity contribution in [1.82, 2.24) is 15.0 Å². The van der Waals surface area contributed by atoms with E-state index in [9.17, 15) is 4.79 Å². The third kappa shape index (κ3) is 3.32. The largest absolute Gasteiger partial charge is 0.481 e. The molecule has 0 unspecified atom stereocenters. The van der Waals surface area contributed by atoms with Crippen LogP contribution in [0.5, 0.6) is 0 Å². The first kappa shape index (κ1) is 12.7. The topological polar surface area (TPSA) is 68.0 Å². The zero-order valence-corrected chi connectivity index (χ0v) is 10.1. The van der Waals surface area contributed by atoms with Crippen LogP contribution in [-0.2, 0) is 24.2 Å². The van der Waals surface area contributed by atoms with Crippen molar-refractivity contribution in [3.05, 3.63) is 11.4 Å². The van der Waals surface area contributed by atoms with Gasteiger partial charge in [-0.1, -0.05) is 32.4 Å². The quantitative estimate of drug-likeness (QED) is 0.797. The average molecular weight is 225 g/mol. The lowest BCUT2D eigenvalue weighted by atomic mass is 10.1. The molecule has 1 N–H and O–H groups in total. The standard InChI is InChI=1S/C11H19N3O2/c1-4-5-10-9(6-11(15)16)12-13-14(10)7-8(2)3/h8H,4-7H2,1-3H3,(H,15,16). The fraction of sp³-hybridized carbons (Fsp3) is 0.727. The maximum Gasteiger partial charge on any atom is 0.309 e. The minimum absolute atomic E-state index is 0.0343. The van der Waals surface area contributed by atoms with Crippen molar-refractivity contribution in [2.75, 3.05) is 0 Å². The summed E-state index contributed by atoms with van der Waals surface area (Å²) in [4.78, 5) is 10.7. The molecule has 0 saturated heterocycles. The third-order valence-corrected chi connectivity index (χ3v) is 2.26. The van der Waals surface area contributed by atoms with Gasteiger partial charge in [0.05, 0.1) is 17.8 Å². The van der Waals surface area contributed by atoms with Gasteiger partial charge in [0.15, 0.2) is 0 Å². The van der Waals surface area contributed by atoms with Crippen LogP contribution in [-0.4, -0.2) is 26.1 Å². The number of hydrogen-bond acceptors (Lipinski definition) is 3.